The zero-order valence-electron chi connectivity index (χ0n) is 13.6. The maximum absolute atomic E-state index is 12.7. The summed E-state index contributed by atoms with van der Waals surface area (Å²) in [6.07, 6.45) is 0.992. The van der Waals surface area contributed by atoms with Crippen LogP contribution in [-0.4, -0.2) is 13.7 Å². The molecule has 124 valence electrons. The lowest BCUT2D eigenvalue weighted by Gasteiger charge is -2.13. The minimum atomic E-state index is -2.90. The van der Waals surface area contributed by atoms with Crippen molar-refractivity contribution in [3.05, 3.63) is 60.2 Å². The van der Waals surface area contributed by atoms with Gasteiger partial charge in [0.2, 0.25) is 0 Å². The third kappa shape index (κ3) is 3.18. The van der Waals surface area contributed by atoms with E-state index in [-0.39, 0.29) is 5.75 Å². The summed E-state index contributed by atoms with van der Waals surface area (Å²) in [6, 6.07) is 17.5. The smallest absolute Gasteiger partial charge is 0.387 e. The first-order chi connectivity index (χ1) is 11.6. The van der Waals surface area contributed by atoms with Crippen molar-refractivity contribution < 1.29 is 18.3 Å². The molecule has 3 aromatic rings. The Balaban J connectivity index is 2.08. The van der Waals surface area contributed by atoms with E-state index in [1.54, 1.807) is 12.1 Å². The fraction of sp³-hybridized carbons (Fsp3) is 0.200. The van der Waals surface area contributed by atoms with Crippen molar-refractivity contribution in [2.24, 2.45) is 0 Å². The molecule has 4 heteroatoms. The zero-order valence-corrected chi connectivity index (χ0v) is 13.6. The Labute approximate surface area is 139 Å². The molecule has 2 nitrogen and oxygen atoms in total. The summed E-state index contributed by atoms with van der Waals surface area (Å²) in [7, 11) is 1.43. The van der Waals surface area contributed by atoms with Gasteiger partial charge in [0, 0.05) is 5.39 Å². The quantitative estimate of drug-likeness (QED) is 0.600. The highest BCUT2D eigenvalue weighted by Crippen LogP contribution is 2.38. The first-order valence-electron chi connectivity index (χ1n) is 7.77. The van der Waals surface area contributed by atoms with Crippen molar-refractivity contribution in [1.82, 2.24) is 0 Å². The lowest BCUT2D eigenvalue weighted by Crippen LogP contribution is -2.04. The van der Waals surface area contributed by atoms with Crippen molar-refractivity contribution >= 4 is 10.8 Å². The average molecular weight is 328 g/mol. The van der Waals surface area contributed by atoms with Crippen LogP contribution in [0.3, 0.4) is 0 Å². The first-order valence-corrected chi connectivity index (χ1v) is 7.77. The Kier molecular flexibility index (Phi) is 4.65. The molecule has 0 heterocycles. The highest BCUT2D eigenvalue weighted by Gasteiger charge is 2.15. The van der Waals surface area contributed by atoms with Crippen LogP contribution in [0.5, 0.6) is 11.5 Å². The summed E-state index contributed by atoms with van der Waals surface area (Å²) in [5, 5.41) is 1.42. The predicted molar refractivity (Wildman–Crippen MR) is 91.9 cm³/mol. The summed E-state index contributed by atoms with van der Waals surface area (Å²) in [5.74, 6) is 0.362. The van der Waals surface area contributed by atoms with E-state index in [4.69, 9.17) is 4.74 Å². The molecule has 0 aromatic heterocycles. The molecule has 0 spiro atoms. The van der Waals surface area contributed by atoms with E-state index in [9.17, 15) is 8.78 Å². The number of rotatable bonds is 5. The lowest BCUT2D eigenvalue weighted by atomic mass is 9.99. The fourth-order valence-corrected chi connectivity index (χ4v) is 2.77. The molecule has 0 fully saturated rings. The Morgan fingerprint density at radius 2 is 1.62 bits per heavy atom. The Bertz CT molecular complexity index is 842. The number of fused-ring (bicyclic) bond motifs is 1. The standard InChI is InChI=1S/C20H18F2O2/c1-3-13-4-6-14(7-5-13)15-8-10-17-16(12-15)9-11-18(23-2)19(17)24-20(21)22/h4-12,20H,3H2,1-2H3. The topological polar surface area (TPSA) is 18.5 Å². The van der Waals surface area contributed by atoms with Gasteiger partial charge in [-0.25, -0.2) is 0 Å². The molecule has 0 atom stereocenters. The van der Waals surface area contributed by atoms with E-state index in [0.29, 0.717) is 11.1 Å². The molecule has 0 aliphatic rings. The van der Waals surface area contributed by atoms with Crippen molar-refractivity contribution in [3.8, 4) is 22.6 Å². The largest absolute Gasteiger partial charge is 0.493 e. The second kappa shape index (κ2) is 6.87. The summed E-state index contributed by atoms with van der Waals surface area (Å²) >= 11 is 0. The van der Waals surface area contributed by atoms with Gasteiger partial charge in [0.25, 0.3) is 0 Å². The summed E-state index contributed by atoms with van der Waals surface area (Å²) in [4.78, 5) is 0. The monoisotopic (exact) mass is 328 g/mol. The van der Waals surface area contributed by atoms with Gasteiger partial charge in [-0.15, -0.1) is 0 Å². The lowest BCUT2D eigenvalue weighted by molar-refractivity contribution is -0.0501. The van der Waals surface area contributed by atoms with Gasteiger partial charge < -0.3 is 9.47 Å². The highest BCUT2D eigenvalue weighted by atomic mass is 19.3. The molecule has 0 N–H and O–H groups in total. The number of alkyl halides is 2. The van der Waals surface area contributed by atoms with Crippen LogP contribution in [0.4, 0.5) is 8.78 Å². The van der Waals surface area contributed by atoms with Crippen LogP contribution in [-0.2, 0) is 6.42 Å². The SMILES string of the molecule is CCc1ccc(-c2ccc3c(OC(F)F)c(OC)ccc3c2)cc1. The highest BCUT2D eigenvalue weighted by molar-refractivity contribution is 5.93. The van der Waals surface area contributed by atoms with Gasteiger partial charge in [0.05, 0.1) is 7.11 Å². The number of aryl methyl sites for hydroxylation is 1. The molecule has 0 saturated carbocycles. The second-order valence-corrected chi connectivity index (χ2v) is 5.46. The van der Waals surface area contributed by atoms with E-state index < -0.39 is 6.61 Å². The molecule has 0 unspecified atom stereocenters. The zero-order chi connectivity index (χ0) is 17.1. The van der Waals surface area contributed by atoms with Crippen LogP contribution in [0.25, 0.3) is 21.9 Å². The fourth-order valence-electron chi connectivity index (χ4n) is 2.77. The summed E-state index contributed by atoms with van der Waals surface area (Å²) < 4.78 is 35.2. The Morgan fingerprint density at radius 3 is 2.25 bits per heavy atom. The average Bonchev–Trinajstić information content (AvgIpc) is 2.61. The number of methoxy groups -OCH3 is 1. The minimum Gasteiger partial charge on any atom is -0.493 e. The van der Waals surface area contributed by atoms with Crippen molar-refractivity contribution in [2.75, 3.05) is 7.11 Å². The Morgan fingerprint density at radius 1 is 0.917 bits per heavy atom. The van der Waals surface area contributed by atoms with Gasteiger partial charge in [-0.1, -0.05) is 43.3 Å². The van der Waals surface area contributed by atoms with E-state index in [0.717, 1.165) is 22.9 Å². The van der Waals surface area contributed by atoms with Crippen LogP contribution in [0.15, 0.2) is 54.6 Å². The molecule has 24 heavy (non-hydrogen) atoms. The third-order valence-electron chi connectivity index (χ3n) is 4.06. The van der Waals surface area contributed by atoms with Crippen LogP contribution < -0.4 is 9.47 Å². The predicted octanol–water partition coefficient (Wildman–Crippen LogP) is 5.68. The second-order valence-electron chi connectivity index (χ2n) is 5.46. The van der Waals surface area contributed by atoms with Gasteiger partial charge in [-0.05, 0) is 46.7 Å². The molecule has 3 rings (SSSR count). The van der Waals surface area contributed by atoms with Crippen LogP contribution in [0.2, 0.25) is 0 Å². The van der Waals surface area contributed by atoms with Crippen LogP contribution in [0, 0.1) is 0 Å². The number of benzene rings is 3. The van der Waals surface area contributed by atoms with Gasteiger partial charge in [-0.2, -0.15) is 8.78 Å². The first kappa shape index (κ1) is 16.2. The molecule has 0 saturated heterocycles. The molecular weight excluding hydrogens is 310 g/mol. The normalized spacial score (nSPS) is 11.0. The molecule has 0 amide bonds. The van der Waals surface area contributed by atoms with E-state index in [1.807, 2.05) is 18.2 Å². The molecule has 0 radical (unpaired) electrons. The van der Waals surface area contributed by atoms with Crippen molar-refractivity contribution in [1.29, 1.82) is 0 Å². The van der Waals surface area contributed by atoms with E-state index >= 15 is 0 Å². The molecule has 3 aromatic carbocycles. The van der Waals surface area contributed by atoms with Gasteiger partial charge in [-0.3, -0.25) is 0 Å². The van der Waals surface area contributed by atoms with Gasteiger partial charge in [0.1, 0.15) is 0 Å². The maximum Gasteiger partial charge on any atom is 0.387 e. The molecule has 0 bridgehead atoms. The number of hydrogen-bond donors (Lipinski definition) is 0. The van der Waals surface area contributed by atoms with E-state index in [2.05, 4.69) is 35.9 Å². The van der Waals surface area contributed by atoms with Crippen molar-refractivity contribution in [2.45, 2.75) is 20.0 Å². The summed E-state index contributed by atoms with van der Waals surface area (Å²) in [5.41, 5.74) is 3.39. The number of halogens is 2. The van der Waals surface area contributed by atoms with Crippen LogP contribution >= 0.6 is 0 Å². The van der Waals surface area contributed by atoms with Crippen molar-refractivity contribution in [3.63, 3.8) is 0 Å². The van der Waals surface area contributed by atoms with Gasteiger partial charge in [0.15, 0.2) is 11.5 Å². The Hall–Kier alpha value is -2.62. The van der Waals surface area contributed by atoms with Gasteiger partial charge >= 0.3 is 6.61 Å². The molecule has 0 aliphatic heterocycles. The minimum absolute atomic E-state index is 0.0675. The molecular formula is C20H18F2O2. The number of ether oxygens (including phenoxy) is 2. The number of hydrogen-bond acceptors (Lipinski definition) is 2. The maximum atomic E-state index is 12.7. The van der Waals surface area contributed by atoms with E-state index in [1.165, 1.54) is 12.7 Å². The summed E-state index contributed by atoms with van der Waals surface area (Å²) in [6.45, 7) is -0.783. The third-order valence-corrected chi connectivity index (χ3v) is 4.06. The van der Waals surface area contributed by atoms with Crippen LogP contribution in [0.1, 0.15) is 12.5 Å². The molecule has 0 aliphatic carbocycles.